The van der Waals surface area contributed by atoms with E-state index in [9.17, 15) is 23.2 Å². The number of aromatic hydroxyl groups is 2. The molecule has 0 saturated heterocycles. The van der Waals surface area contributed by atoms with Gasteiger partial charge in [-0.1, -0.05) is 50.6 Å². The van der Waals surface area contributed by atoms with E-state index >= 15 is 0 Å². The second-order valence-electron chi connectivity index (χ2n) is 9.94. The van der Waals surface area contributed by atoms with Crippen molar-refractivity contribution in [3.05, 3.63) is 64.3 Å². The Balaban J connectivity index is 1.89. The van der Waals surface area contributed by atoms with Gasteiger partial charge in [0.15, 0.2) is 11.6 Å². The average molecular weight is 581 g/mol. The smallest absolute Gasteiger partial charge is 0.348 e. The van der Waals surface area contributed by atoms with Crippen LogP contribution in [0.4, 0.5) is 11.4 Å². The molecular weight excluding hydrogens is 551 g/mol. The van der Waals surface area contributed by atoms with Crippen LogP contribution in [0.2, 0.25) is 5.02 Å². The van der Waals surface area contributed by atoms with E-state index in [1.807, 2.05) is 32.9 Å². The minimum Gasteiger partial charge on any atom is -0.505 e. The highest BCUT2D eigenvalue weighted by Crippen LogP contribution is 2.54. The van der Waals surface area contributed by atoms with Gasteiger partial charge in [0, 0.05) is 16.1 Å². The van der Waals surface area contributed by atoms with Gasteiger partial charge in [0.25, 0.3) is 0 Å². The van der Waals surface area contributed by atoms with Crippen molar-refractivity contribution in [3.63, 3.8) is 0 Å². The van der Waals surface area contributed by atoms with Gasteiger partial charge in [-0.05, 0) is 36.8 Å². The molecule has 0 saturated carbocycles. The Labute approximate surface area is 226 Å². The summed E-state index contributed by atoms with van der Waals surface area (Å²) in [6.45, 7) is 7.54. The predicted octanol–water partition coefficient (Wildman–Crippen LogP) is 5.00. The lowest BCUT2D eigenvalue weighted by atomic mass is 9.91. The molecule has 3 aromatic rings. The zero-order valence-electron chi connectivity index (χ0n) is 21.6. The Kier molecular flexibility index (Phi) is 7.35. The Morgan fingerprint density at radius 1 is 1.18 bits per heavy atom. The predicted molar refractivity (Wildman–Crippen MR) is 151 cm³/mol. The molecule has 1 unspecified atom stereocenters. The van der Waals surface area contributed by atoms with E-state index in [2.05, 4.69) is 14.8 Å². The third kappa shape index (κ3) is 5.42. The maximum absolute atomic E-state index is 14.0. The molecule has 2 heterocycles. The zero-order valence-corrected chi connectivity index (χ0v) is 24.1. The number of aromatic nitrogens is 1. The molecule has 1 aliphatic heterocycles. The van der Waals surface area contributed by atoms with E-state index in [0.717, 1.165) is 11.8 Å². The summed E-state index contributed by atoms with van der Waals surface area (Å²) < 4.78 is 51.3. The molecule has 4 N–H and O–H groups in total. The van der Waals surface area contributed by atoms with Gasteiger partial charge in [0.1, 0.15) is 5.56 Å². The summed E-state index contributed by atoms with van der Waals surface area (Å²) in [5.74, 6) is -0.563. The van der Waals surface area contributed by atoms with Crippen molar-refractivity contribution in [3.8, 4) is 11.6 Å². The number of rotatable bonds is 7. The fourth-order valence-electron chi connectivity index (χ4n) is 4.39. The fourth-order valence-corrected chi connectivity index (χ4v) is 6.95. The van der Waals surface area contributed by atoms with Gasteiger partial charge in [-0.3, -0.25) is 9.29 Å². The summed E-state index contributed by atoms with van der Waals surface area (Å²) in [7, 11) is -7.52. The summed E-state index contributed by atoms with van der Waals surface area (Å²) in [4.78, 5) is 0. The van der Waals surface area contributed by atoms with Crippen LogP contribution in [0, 0.1) is 0 Å². The van der Waals surface area contributed by atoms with Crippen LogP contribution in [0.5, 0.6) is 11.6 Å². The molecule has 0 bridgehead atoms. The lowest BCUT2D eigenvalue weighted by Gasteiger charge is -2.25. The molecule has 0 amide bonds. The first-order chi connectivity index (χ1) is 17.6. The summed E-state index contributed by atoms with van der Waals surface area (Å²) in [6.07, 6.45) is 1.01. The van der Waals surface area contributed by atoms with E-state index in [1.54, 1.807) is 23.6 Å². The Morgan fingerprint density at radius 2 is 1.87 bits per heavy atom. The fraction of sp³-hybridized carbons (Fsp3) is 0.320. The number of sulfonamides is 1. The quantitative estimate of drug-likeness (QED) is 0.288. The van der Waals surface area contributed by atoms with Crippen molar-refractivity contribution in [1.82, 2.24) is 4.57 Å². The van der Waals surface area contributed by atoms with Gasteiger partial charge in [0.2, 0.25) is 15.9 Å². The Morgan fingerprint density at radius 3 is 2.47 bits per heavy atom. The number of benzene rings is 2. The lowest BCUT2D eigenvalue weighted by molar-refractivity contribution is 0.341. The second-order valence-corrected chi connectivity index (χ2v) is 14.1. The number of nitrogens with one attached hydrogen (secondary N) is 2. The van der Waals surface area contributed by atoms with Crippen molar-refractivity contribution in [2.24, 2.45) is 4.76 Å². The SMILES string of the molecule is CCOP1(=O)N=C(c2c(O)c(C(C)(C)C)n(Cc3ccccc3Cl)c2O)Nc2ccc(NS(C)(=O)=O)cc21. The highest BCUT2D eigenvalue weighted by atomic mass is 35.5. The average Bonchev–Trinajstić information content (AvgIpc) is 3.04. The number of hydrogen-bond donors (Lipinski definition) is 4. The minimum atomic E-state index is -3.94. The van der Waals surface area contributed by atoms with E-state index in [1.165, 1.54) is 18.2 Å². The summed E-state index contributed by atoms with van der Waals surface area (Å²) >= 11 is 6.38. The van der Waals surface area contributed by atoms with Gasteiger partial charge in [-0.25, -0.2) is 8.42 Å². The van der Waals surface area contributed by atoms with Crippen LogP contribution < -0.4 is 15.3 Å². The molecule has 0 spiro atoms. The molecule has 204 valence electrons. The Hall–Kier alpha value is -2.98. The first-order valence-corrected chi connectivity index (χ1v) is 15.6. The minimum absolute atomic E-state index is 0.0362. The van der Waals surface area contributed by atoms with Gasteiger partial charge in [0.05, 0.1) is 36.1 Å². The van der Waals surface area contributed by atoms with Gasteiger partial charge >= 0.3 is 7.52 Å². The summed E-state index contributed by atoms with van der Waals surface area (Å²) in [6, 6.07) is 11.6. The van der Waals surface area contributed by atoms with Gasteiger partial charge in [-0.15, -0.1) is 0 Å². The van der Waals surface area contributed by atoms with E-state index < -0.39 is 23.0 Å². The monoisotopic (exact) mass is 580 g/mol. The molecule has 0 fully saturated rings. The van der Waals surface area contributed by atoms with E-state index in [-0.39, 0.29) is 47.2 Å². The summed E-state index contributed by atoms with van der Waals surface area (Å²) in [5.41, 5.74) is 1.04. The number of anilines is 2. The van der Waals surface area contributed by atoms with E-state index in [4.69, 9.17) is 16.1 Å². The van der Waals surface area contributed by atoms with Gasteiger partial charge < -0.3 is 24.6 Å². The van der Waals surface area contributed by atoms with Crippen LogP contribution in [0.1, 0.15) is 44.5 Å². The van der Waals surface area contributed by atoms with Crippen molar-refractivity contribution in [2.75, 3.05) is 22.9 Å². The normalized spacial score (nSPS) is 17.5. The molecule has 0 radical (unpaired) electrons. The zero-order chi connectivity index (χ0) is 28.0. The van der Waals surface area contributed by atoms with Crippen LogP contribution >= 0.6 is 19.1 Å². The number of amidine groups is 1. The molecule has 10 nitrogen and oxygen atoms in total. The first kappa shape index (κ1) is 28.0. The maximum atomic E-state index is 14.0. The van der Waals surface area contributed by atoms with Crippen LogP contribution in [-0.2, 0) is 31.1 Å². The van der Waals surface area contributed by atoms with Crippen LogP contribution in [-0.4, -0.2) is 41.9 Å². The van der Waals surface area contributed by atoms with Crippen molar-refractivity contribution in [2.45, 2.75) is 39.7 Å². The van der Waals surface area contributed by atoms with Crippen LogP contribution in [0.25, 0.3) is 0 Å². The third-order valence-corrected chi connectivity index (χ3v) is 8.86. The number of hydrogen-bond acceptors (Lipinski definition) is 7. The molecule has 1 atom stereocenters. The highest BCUT2D eigenvalue weighted by molar-refractivity contribution is 7.92. The molecule has 4 rings (SSSR count). The second kappa shape index (κ2) is 9.96. The standard InChI is InChI=1S/C25H30ClN4O6PS/c1-6-36-37(33)19-13-16(29-38(5,34)35)11-12-18(19)27-23(28-37)20-21(31)22(25(2,3)4)30(24(20)32)14-15-9-7-8-10-17(15)26/h7-13,29,31-32H,6,14H2,1-5H3,(H,27,28,33). The lowest BCUT2D eigenvalue weighted by Crippen LogP contribution is -2.26. The summed E-state index contributed by atoms with van der Waals surface area (Å²) in [5, 5.41) is 26.5. The highest BCUT2D eigenvalue weighted by Gasteiger charge is 2.39. The molecule has 0 aliphatic carbocycles. The molecule has 1 aromatic heterocycles. The van der Waals surface area contributed by atoms with Crippen molar-refractivity contribution >= 4 is 51.7 Å². The number of fused-ring (bicyclic) bond motifs is 1. The van der Waals surface area contributed by atoms with Crippen molar-refractivity contribution in [1.29, 1.82) is 0 Å². The largest absolute Gasteiger partial charge is 0.505 e. The first-order valence-electron chi connectivity index (χ1n) is 11.8. The van der Waals surface area contributed by atoms with Crippen LogP contribution in [0.3, 0.4) is 0 Å². The topological polar surface area (TPSA) is 142 Å². The van der Waals surface area contributed by atoms with Crippen LogP contribution in [0.15, 0.2) is 47.2 Å². The molecule has 38 heavy (non-hydrogen) atoms. The maximum Gasteiger partial charge on any atom is 0.348 e. The number of nitrogens with zero attached hydrogens (tertiary/aromatic N) is 2. The van der Waals surface area contributed by atoms with Gasteiger partial charge in [-0.2, -0.15) is 4.76 Å². The number of halogens is 1. The molecule has 1 aliphatic rings. The van der Waals surface area contributed by atoms with Crippen molar-refractivity contribution < 1.29 is 27.7 Å². The molecule has 13 heteroatoms. The molecule has 2 aromatic carbocycles. The molecular formula is C25H30ClN4O6PS. The Bertz CT molecular complexity index is 1590. The third-order valence-electron chi connectivity index (χ3n) is 5.84. The van der Waals surface area contributed by atoms with E-state index in [0.29, 0.717) is 16.4 Å².